The lowest BCUT2D eigenvalue weighted by Gasteiger charge is -2.30. The fourth-order valence-electron chi connectivity index (χ4n) is 8.76. The molecule has 8 aromatic carbocycles. The first-order chi connectivity index (χ1) is 27.2. The summed E-state index contributed by atoms with van der Waals surface area (Å²) in [6, 6.07) is 64.2. The third-order valence-electron chi connectivity index (χ3n) is 11.6. The molecular formula is C54H36O. The maximum absolute atomic E-state index is 6.78. The molecule has 2 aliphatic rings. The molecule has 0 spiro atoms. The van der Waals surface area contributed by atoms with Crippen LogP contribution in [0.25, 0.3) is 88.7 Å². The van der Waals surface area contributed by atoms with E-state index in [4.69, 9.17) is 4.42 Å². The number of fused-ring (bicyclic) bond motifs is 7. The highest BCUT2D eigenvalue weighted by Crippen LogP contribution is 2.50. The van der Waals surface area contributed by atoms with Gasteiger partial charge in [0.25, 0.3) is 0 Å². The SMILES string of the molecule is C1=CC2C(c3cc(-c4ccc5ccccc5c4)cc(-c4ccc5cc(-c6ccccc6)ccc5c4)c3)=Cc3c(oc4cc(-c5ccccc5)ccc34)C2C=C1. The second-order valence-electron chi connectivity index (χ2n) is 14.9. The monoisotopic (exact) mass is 700 g/mol. The van der Waals surface area contributed by atoms with Crippen molar-refractivity contribution in [3.05, 3.63) is 217 Å². The molecule has 0 N–H and O–H groups in total. The standard InChI is InChI=1S/C54H36O/c1-3-11-35(12-4-1)39-21-22-41-29-43(24-23-40(41)28-39)46-30-45(42-20-19-37-15-7-8-16-38(37)27-42)31-47(32-46)51-34-52-49-26-25-44(36-13-5-2-6-14-36)33-53(49)55-54(52)50-18-10-9-17-48(50)51/h1-34,48,50H. The third kappa shape index (κ3) is 5.56. The number of hydrogen-bond donors (Lipinski definition) is 0. The number of allylic oxidation sites excluding steroid dienone is 5. The van der Waals surface area contributed by atoms with E-state index in [-0.39, 0.29) is 11.8 Å². The van der Waals surface area contributed by atoms with Gasteiger partial charge in [0.15, 0.2) is 0 Å². The van der Waals surface area contributed by atoms with Crippen LogP contribution in [0, 0.1) is 5.92 Å². The minimum Gasteiger partial charge on any atom is -0.460 e. The number of rotatable bonds is 5. The Morgan fingerprint density at radius 1 is 0.345 bits per heavy atom. The van der Waals surface area contributed by atoms with Gasteiger partial charge in [-0.3, -0.25) is 0 Å². The minimum atomic E-state index is 0.111. The van der Waals surface area contributed by atoms with Crippen LogP contribution in [0.3, 0.4) is 0 Å². The van der Waals surface area contributed by atoms with Gasteiger partial charge in [-0.15, -0.1) is 0 Å². The Bertz CT molecular complexity index is 3030. The smallest absolute Gasteiger partial charge is 0.135 e. The number of hydrogen-bond acceptors (Lipinski definition) is 1. The van der Waals surface area contributed by atoms with Crippen molar-refractivity contribution >= 4 is 44.2 Å². The molecule has 0 amide bonds. The second kappa shape index (κ2) is 12.9. The van der Waals surface area contributed by atoms with Crippen molar-refractivity contribution in [2.45, 2.75) is 5.92 Å². The molecule has 1 nitrogen and oxygen atoms in total. The first-order valence-electron chi connectivity index (χ1n) is 19.1. The maximum atomic E-state index is 6.78. The van der Waals surface area contributed by atoms with Crippen molar-refractivity contribution in [1.29, 1.82) is 0 Å². The lowest BCUT2D eigenvalue weighted by atomic mass is 9.73. The Morgan fingerprint density at radius 2 is 0.836 bits per heavy atom. The zero-order valence-corrected chi connectivity index (χ0v) is 30.2. The molecule has 0 saturated carbocycles. The van der Waals surface area contributed by atoms with Crippen LogP contribution < -0.4 is 0 Å². The predicted octanol–water partition coefficient (Wildman–Crippen LogP) is 14.8. The fourth-order valence-corrected chi connectivity index (χ4v) is 8.76. The first-order valence-corrected chi connectivity index (χ1v) is 19.1. The zero-order chi connectivity index (χ0) is 36.3. The Morgan fingerprint density at radius 3 is 1.49 bits per heavy atom. The highest BCUT2D eigenvalue weighted by atomic mass is 16.3. The molecule has 11 rings (SSSR count). The predicted molar refractivity (Wildman–Crippen MR) is 232 cm³/mol. The van der Waals surface area contributed by atoms with Gasteiger partial charge in [-0.05, 0) is 132 Å². The Balaban J connectivity index is 1.08. The summed E-state index contributed by atoms with van der Waals surface area (Å²) in [6.45, 7) is 0. The Hall–Kier alpha value is -6.96. The van der Waals surface area contributed by atoms with Gasteiger partial charge in [-0.1, -0.05) is 152 Å². The van der Waals surface area contributed by atoms with Gasteiger partial charge in [-0.2, -0.15) is 0 Å². The summed E-state index contributed by atoms with van der Waals surface area (Å²) in [5, 5.41) is 6.12. The molecule has 258 valence electrons. The fraction of sp³-hybridized carbons (Fsp3) is 0.0370. The van der Waals surface area contributed by atoms with Crippen molar-refractivity contribution in [2.24, 2.45) is 5.92 Å². The molecule has 9 aromatic rings. The average molecular weight is 701 g/mol. The molecule has 0 radical (unpaired) electrons. The van der Waals surface area contributed by atoms with Gasteiger partial charge >= 0.3 is 0 Å². The van der Waals surface area contributed by atoms with E-state index in [1.807, 2.05) is 0 Å². The van der Waals surface area contributed by atoms with Gasteiger partial charge in [0.05, 0.1) is 0 Å². The van der Waals surface area contributed by atoms with E-state index in [1.54, 1.807) is 0 Å². The Kier molecular flexibility index (Phi) is 7.38. The van der Waals surface area contributed by atoms with Gasteiger partial charge in [-0.25, -0.2) is 0 Å². The average Bonchev–Trinajstić information content (AvgIpc) is 3.64. The van der Waals surface area contributed by atoms with Crippen LogP contribution in [0.5, 0.6) is 0 Å². The summed E-state index contributed by atoms with van der Waals surface area (Å²) in [5.74, 6) is 1.31. The molecule has 1 aromatic heterocycles. The van der Waals surface area contributed by atoms with E-state index in [0.29, 0.717) is 0 Å². The molecule has 1 heteroatoms. The van der Waals surface area contributed by atoms with Gasteiger partial charge in [0.1, 0.15) is 11.3 Å². The molecule has 55 heavy (non-hydrogen) atoms. The summed E-state index contributed by atoms with van der Waals surface area (Å²) < 4.78 is 6.78. The van der Waals surface area contributed by atoms with E-state index in [2.05, 4.69) is 206 Å². The van der Waals surface area contributed by atoms with Crippen LogP contribution in [0.1, 0.15) is 22.8 Å². The van der Waals surface area contributed by atoms with Crippen molar-refractivity contribution in [2.75, 3.05) is 0 Å². The Labute approximate surface area is 320 Å². The summed E-state index contributed by atoms with van der Waals surface area (Å²) in [5.41, 5.74) is 14.3. The van der Waals surface area contributed by atoms with E-state index < -0.39 is 0 Å². The van der Waals surface area contributed by atoms with Crippen LogP contribution in [0.15, 0.2) is 205 Å². The highest BCUT2D eigenvalue weighted by molar-refractivity contribution is 6.01. The number of benzene rings is 8. The molecule has 2 aliphatic carbocycles. The number of furan rings is 1. The minimum absolute atomic E-state index is 0.111. The molecule has 1 heterocycles. The van der Waals surface area contributed by atoms with Crippen LogP contribution in [0.2, 0.25) is 0 Å². The van der Waals surface area contributed by atoms with Crippen LogP contribution in [0.4, 0.5) is 0 Å². The molecular weight excluding hydrogens is 665 g/mol. The van der Waals surface area contributed by atoms with E-state index in [9.17, 15) is 0 Å². The summed E-state index contributed by atoms with van der Waals surface area (Å²) >= 11 is 0. The first kappa shape index (κ1) is 31.6. The van der Waals surface area contributed by atoms with Crippen molar-refractivity contribution in [3.8, 4) is 44.5 Å². The van der Waals surface area contributed by atoms with Gasteiger partial charge in [0, 0.05) is 22.8 Å². The summed E-state index contributed by atoms with van der Waals surface area (Å²) in [7, 11) is 0. The topological polar surface area (TPSA) is 13.1 Å². The van der Waals surface area contributed by atoms with Crippen molar-refractivity contribution < 1.29 is 4.42 Å². The lowest BCUT2D eigenvalue weighted by Crippen LogP contribution is -2.17. The van der Waals surface area contributed by atoms with Crippen LogP contribution in [-0.4, -0.2) is 0 Å². The largest absolute Gasteiger partial charge is 0.460 e. The maximum Gasteiger partial charge on any atom is 0.135 e. The molecule has 2 atom stereocenters. The molecule has 0 bridgehead atoms. The van der Waals surface area contributed by atoms with Crippen molar-refractivity contribution in [3.63, 3.8) is 0 Å². The third-order valence-corrected chi connectivity index (χ3v) is 11.6. The molecule has 0 aliphatic heterocycles. The lowest BCUT2D eigenvalue weighted by molar-refractivity contribution is 0.496. The molecule has 0 saturated heterocycles. The van der Waals surface area contributed by atoms with E-state index >= 15 is 0 Å². The normalized spacial score (nSPS) is 16.0. The van der Waals surface area contributed by atoms with Gasteiger partial charge in [0.2, 0.25) is 0 Å². The van der Waals surface area contributed by atoms with Gasteiger partial charge < -0.3 is 4.42 Å². The molecule has 2 unspecified atom stereocenters. The van der Waals surface area contributed by atoms with Crippen molar-refractivity contribution in [1.82, 2.24) is 0 Å². The van der Waals surface area contributed by atoms with Crippen LogP contribution in [-0.2, 0) is 0 Å². The molecule has 0 fully saturated rings. The van der Waals surface area contributed by atoms with Crippen LogP contribution >= 0.6 is 0 Å². The highest BCUT2D eigenvalue weighted by Gasteiger charge is 2.34. The second-order valence-corrected chi connectivity index (χ2v) is 14.9. The van der Waals surface area contributed by atoms with E-state index in [0.717, 1.165) is 16.7 Å². The quantitative estimate of drug-likeness (QED) is 0.174. The summed E-state index contributed by atoms with van der Waals surface area (Å²) in [6.07, 6.45) is 11.4. The van der Waals surface area contributed by atoms with E-state index in [1.165, 1.54) is 82.8 Å². The zero-order valence-electron chi connectivity index (χ0n) is 30.2. The summed E-state index contributed by atoms with van der Waals surface area (Å²) in [4.78, 5) is 0.